The van der Waals surface area contributed by atoms with Gasteiger partial charge in [0.05, 0.1) is 0 Å². The molecule has 0 bridgehead atoms. The third-order valence-electron chi connectivity index (χ3n) is 4.99. The van der Waals surface area contributed by atoms with Crippen molar-refractivity contribution in [1.82, 2.24) is 10.3 Å². The summed E-state index contributed by atoms with van der Waals surface area (Å²) >= 11 is 0. The number of amides is 2. The van der Waals surface area contributed by atoms with Crippen molar-refractivity contribution in [3.8, 4) is 0 Å². The number of carbonyl (C=O) groups is 3. The highest BCUT2D eigenvalue weighted by Crippen LogP contribution is 2.18. The number of ketones is 1. The summed E-state index contributed by atoms with van der Waals surface area (Å²) in [6.07, 6.45) is 8.13. The minimum Gasteiger partial charge on any atom is -0.348 e. The number of carbonyl (C=O) groups excluding carboxylic acids is 3. The lowest BCUT2D eigenvalue weighted by molar-refractivity contribution is 0.0927. The fourth-order valence-electron chi connectivity index (χ4n) is 3.37. The number of hydrogen-bond acceptors (Lipinski definition) is 4. The van der Waals surface area contributed by atoms with Crippen molar-refractivity contribution in [3.05, 3.63) is 59.4 Å². The zero-order valence-corrected chi connectivity index (χ0v) is 16.0. The van der Waals surface area contributed by atoms with Gasteiger partial charge in [-0.3, -0.25) is 19.4 Å². The standard InChI is InChI=1S/C22H25N3O3/c1-15(26)16-8-10-19(11-9-16)24-21(27)17-12-13-23-20(14-17)22(28)25-18-6-4-2-3-5-7-18/h8-14,18H,2-7H2,1H3,(H,24,27)(H,25,28). The van der Waals surface area contributed by atoms with Crippen molar-refractivity contribution in [3.63, 3.8) is 0 Å². The van der Waals surface area contributed by atoms with E-state index < -0.39 is 0 Å². The third kappa shape index (κ3) is 5.25. The van der Waals surface area contributed by atoms with Gasteiger partial charge in [0.25, 0.3) is 11.8 Å². The maximum Gasteiger partial charge on any atom is 0.270 e. The summed E-state index contributed by atoms with van der Waals surface area (Å²) in [4.78, 5) is 40.5. The van der Waals surface area contributed by atoms with Crippen molar-refractivity contribution >= 4 is 23.3 Å². The van der Waals surface area contributed by atoms with Crippen LogP contribution in [0.2, 0.25) is 0 Å². The van der Waals surface area contributed by atoms with Gasteiger partial charge in [-0.25, -0.2) is 0 Å². The van der Waals surface area contributed by atoms with Gasteiger partial charge in [-0.1, -0.05) is 25.7 Å². The largest absolute Gasteiger partial charge is 0.348 e. The van der Waals surface area contributed by atoms with Crippen molar-refractivity contribution in [1.29, 1.82) is 0 Å². The number of Topliss-reactive ketones (excluding diaryl/α,β-unsaturated/α-hetero) is 1. The molecule has 3 rings (SSSR count). The van der Waals surface area contributed by atoms with E-state index >= 15 is 0 Å². The van der Waals surface area contributed by atoms with E-state index in [-0.39, 0.29) is 29.3 Å². The van der Waals surface area contributed by atoms with Crippen LogP contribution in [-0.2, 0) is 0 Å². The van der Waals surface area contributed by atoms with Crippen LogP contribution in [0.25, 0.3) is 0 Å². The maximum atomic E-state index is 12.5. The Morgan fingerprint density at radius 2 is 1.57 bits per heavy atom. The summed E-state index contributed by atoms with van der Waals surface area (Å²) in [6.45, 7) is 1.49. The molecule has 1 aromatic carbocycles. The second-order valence-corrected chi connectivity index (χ2v) is 7.18. The van der Waals surface area contributed by atoms with E-state index in [1.54, 1.807) is 30.3 Å². The smallest absolute Gasteiger partial charge is 0.270 e. The fraction of sp³-hybridized carbons (Fsp3) is 0.364. The lowest BCUT2D eigenvalue weighted by atomic mass is 10.1. The number of hydrogen-bond donors (Lipinski definition) is 2. The van der Waals surface area contributed by atoms with Crippen molar-refractivity contribution in [2.45, 2.75) is 51.5 Å². The van der Waals surface area contributed by atoms with Crippen LogP contribution in [0.5, 0.6) is 0 Å². The van der Waals surface area contributed by atoms with Crippen LogP contribution < -0.4 is 10.6 Å². The average Bonchev–Trinajstić information content (AvgIpc) is 2.97. The summed E-state index contributed by atoms with van der Waals surface area (Å²) in [6, 6.07) is 9.93. The quantitative estimate of drug-likeness (QED) is 0.607. The molecular formula is C22H25N3O3. The normalized spacial score (nSPS) is 14.8. The van der Waals surface area contributed by atoms with E-state index in [4.69, 9.17) is 0 Å². The Balaban J connectivity index is 1.65. The van der Waals surface area contributed by atoms with Crippen molar-refractivity contribution < 1.29 is 14.4 Å². The average molecular weight is 379 g/mol. The van der Waals surface area contributed by atoms with Crippen LogP contribution in [0, 0.1) is 0 Å². The van der Waals surface area contributed by atoms with Crippen molar-refractivity contribution in [2.75, 3.05) is 5.32 Å². The highest BCUT2D eigenvalue weighted by molar-refractivity contribution is 6.06. The molecule has 1 saturated carbocycles. The van der Waals surface area contributed by atoms with Crippen molar-refractivity contribution in [2.24, 2.45) is 0 Å². The Bertz CT molecular complexity index is 854. The highest BCUT2D eigenvalue weighted by Gasteiger charge is 2.18. The molecule has 1 fully saturated rings. The van der Waals surface area contributed by atoms with E-state index in [1.807, 2.05) is 0 Å². The van der Waals surface area contributed by atoms with Gasteiger partial charge in [-0.05, 0) is 56.2 Å². The molecule has 1 aliphatic rings. The fourth-order valence-corrected chi connectivity index (χ4v) is 3.37. The number of anilines is 1. The van der Waals surface area contributed by atoms with Gasteiger partial charge in [-0.2, -0.15) is 0 Å². The summed E-state index contributed by atoms with van der Waals surface area (Å²) in [5.41, 5.74) is 1.76. The molecule has 146 valence electrons. The number of rotatable bonds is 5. The molecule has 0 saturated heterocycles. The van der Waals surface area contributed by atoms with Gasteiger partial charge in [0, 0.05) is 29.1 Å². The van der Waals surface area contributed by atoms with Gasteiger partial charge in [0.15, 0.2) is 5.78 Å². The summed E-state index contributed by atoms with van der Waals surface area (Å²) in [7, 11) is 0. The Hall–Kier alpha value is -3.02. The number of nitrogens with zero attached hydrogens (tertiary/aromatic N) is 1. The van der Waals surface area contributed by atoms with Crippen LogP contribution in [0.3, 0.4) is 0 Å². The molecule has 0 radical (unpaired) electrons. The molecule has 28 heavy (non-hydrogen) atoms. The zero-order valence-electron chi connectivity index (χ0n) is 16.0. The predicted molar refractivity (Wildman–Crippen MR) is 108 cm³/mol. The van der Waals surface area contributed by atoms with Crippen LogP contribution in [0.4, 0.5) is 5.69 Å². The topological polar surface area (TPSA) is 88.2 Å². The Morgan fingerprint density at radius 3 is 2.21 bits per heavy atom. The number of pyridine rings is 1. The maximum absolute atomic E-state index is 12.5. The van der Waals surface area contributed by atoms with Gasteiger partial charge in [0.1, 0.15) is 5.69 Å². The molecule has 0 unspecified atom stereocenters. The van der Waals surface area contributed by atoms with Gasteiger partial charge in [-0.15, -0.1) is 0 Å². The third-order valence-corrected chi connectivity index (χ3v) is 4.99. The first kappa shape index (κ1) is 19.7. The molecule has 6 heteroatoms. The molecule has 0 spiro atoms. The monoisotopic (exact) mass is 379 g/mol. The Labute approximate surface area is 164 Å². The minimum absolute atomic E-state index is 0.0312. The second-order valence-electron chi connectivity index (χ2n) is 7.18. The summed E-state index contributed by atoms with van der Waals surface area (Å²) in [5.74, 6) is -0.606. The highest BCUT2D eigenvalue weighted by atomic mass is 16.2. The Kier molecular flexibility index (Phi) is 6.53. The Morgan fingerprint density at radius 1 is 0.893 bits per heavy atom. The summed E-state index contributed by atoms with van der Waals surface area (Å²) < 4.78 is 0. The van der Waals surface area contributed by atoms with Crippen LogP contribution in [0.1, 0.15) is 76.7 Å². The minimum atomic E-state index is -0.332. The lowest BCUT2D eigenvalue weighted by Crippen LogP contribution is -2.35. The molecule has 2 N–H and O–H groups in total. The predicted octanol–water partition coefficient (Wildman–Crippen LogP) is 3.99. The van der Waals surface area contributed by atoms with Crippen LogP contribution in [-0.4, -0.2) is 28.6 Å². The molecular weight excluding hydrogens is 354 g/mol. The molecule has 2 amide bonds. The van der Waals surface area contributed by atoms with E-state index in [2.05, 4.69) is 15.6 Å². The van der Waals surface area contributed by atoms with Gasteiger partial charge in [0.2, 0.25) is 0 Å². The molecule has 6 nitrogen and oxygen atoms in total. The number of nitrogens with one attached hydrogen (secondary N) is 2. The summed E-state index contributed by atoms with van der Waals surface area (Å²) in [5, 5.41) is 5.81. The van der Waals surface area contributed by atoms with Gasteiger partial charge < -0.3 is 10.6 Å². The molecule has 2 aromatic rings. The van der Waals surface area contributed by atoms with E-state index in [9.17, 15) is 14.4 Å². The molecule has 1 aromatic heterocycles. The van der Waals surface area contributed by atoms with Crippen LogP contribution >= 0.6 is 0 Å². The van der Waals surface area contributed by atoms with E-state index in [0.29, 0.717) is 16.8 Å². The van der Waals surface area contributed by atoms with E-state index in [1.165, 1.54) is 32.0 Å². The first-order valence-electron chi connectivity index (χ1n) is 9.72. The molecule has 0 atom stereocenters. The molecule has 0 aliphatic heterocycles. The van der Waals surface area contributed by atoms with Crippen LogP contribution in [0.15, 0.2) is 42.6 Å². The first-order chi connectivity index (χ1) is 13.5. The first-order valence-corrected chi connectivity index (χ1v) is 9.72. The van der Waals surface area contributed by atoms with E-state index in [0.717, 1.165) is 25.7 Å². The SMILES string of the molecule is CC(=O)c1ccc(NC(=O)c2ccnc(C(=O)NC3CCCCCC3)c2)cc1. The molecule has 1 aliphatic carbocycles. The lowest BCUT2D eigenvalue weighted by Gasteiger charge is -2.16. The second kappa shape index (κ2) is 9.26. The van der Waals surface area contributed by atoms with Gasteiger partial charge >= 0.3 is 0 Å². The molecule has 1 heterocycles. The number of aromatic nitrogens is 1. The zero-order chi connectivity index (χ0) is 19.9. The number of benzene rings is 1.